The Hall–Kier alpha value is -3.68. The van der Waals surface area contributed by atoms with Crippen LogP contribution in [0.1, 0.15) is 51.4 Å². The van der Waals surface area contributed by atoms with Crippen molar-refractivity contribution in [1.29, 1.82) is 0 Å². The Labute approximate surface area is 223 Å². The monoisotopic (exact) mass is 530 g/mol. The molecule has 0 spiro atoms. The normalized spacial score (nSPS) is 10.5. The Balaban J connectivity index is 1.70. The third-order valence-corrected chi connectivity index (χ3v) is 5.60. The van der Waals surface area contributed by atoms with Crippen LogP contribution in [0.25, 0.3) is 11.1 Å². The van der Waals surface area contributed by atoms with E-state index in [0.29, 0.717) is 49.5 Å². The van der Waals surface area contributed by atoms with Gasteiger partial charge in [0.2, 0.25) is 0 Å². The van der Waals surface area contributed by atoms with E-state index in [1.54, 1.807) is 24.3 Å². The second-order valence-electron chi connectivity index (χ2n) is 8.56. The minimum atomic E-state index is -0.754. The summed E-state index contributed by atoms with van der Waals surface area (Å²) < 4.78 is 50.0. The number of carbonyl (C=O) groups excluding carboxylic acids is 2. The zero-order valence-corrected chi connectivity index (χ0v) is 21.7. The molecule has 38 heavy (non-hydrogen) atoms. The summed E-state index contributed by atoms with van der Waals surface area (Å²) in [6.07, 6.45) is 8.73. The number of benzene rings is 2. The number of unbranched alkanes of at least 4 members (excludes halogenated alkanes) is 6. The molecule has 0 atom stereocenters. The lowest BCUT2D eigenvalue weighted by Crippen LogP contribution is -2.03. The van der Waals surface area contributed by atoms with E-state index in [2.05, 4.69) is 13.2 Å². The van der Waals surface area contributed by atoms with Crippen molar-refractivity contribution in [1.82, 2.24) is 0 Å². The summed E-state index contributed by atoms with van der Waals surface area (Å²) in [6.45, 7) is 8.12. The van der Waals surface area contributed by atoms with E-state index in [4.69, 9.17) is 18.9 Å². The standard InChI is InChI=1S/C30H36F2O6/c1-3-28(33)36-18-10-6-5-9-17-35-25-15-13-23(14-16-25)24-21-26(31)30(27(32)22-24)38-20-12-8-7-11-19-37-29(34)4-2/h3-4,13-16,21-22H,1-2,5-12,17-20H2. The Morgan fingerprint density at radius 1 is 0.632 bits per heavy atom. The topological polar surface area (TPSA) is 71.1 Å². The molecule has 0 aliphatic carbocycles. The highest BCUT2D eigenvalue weighted by molar-refractivity contribution is 5.81. The van der Waals surface area contributed by atoms with Crippen LogP contribution in [0.3, 0.4) is 0 Å². The van der Waals surface area contributed by atoms with Gasteiger partial charge in [0.25, 0.3) is 0 Å². The van der Waals surface area contributed by atoms with E-state index in [-0.39, 0.29) is 12.4 Å². The lowest BCUT2D eigenvalue weighted by Gasteiger charge is -2.11. The summed E-state index contributed by atoms with van der Waals surface area (Å²) in [5.41, 5.74) is 1.07. The fourth-order valence-corrected chi connectivity index (χ4v) is 3.55. The van der Waals surface area contributed by atoms with Gasteiger partial charge in [-0.05, 0) is 86.8 Å². The molecule has 0 aliphatic heterocycles. The average molecular weight is 531 g/mol. The summed E-state index contributed by atoms with van der Waals surface area (Å²) in [4.78, 5) is 21.9. The molecule has 206 valence electrons. The minimum Gasteiger partial charge on any atom is -0.494 e. The highest BCUT2D eigenvalue weighted by Crippen LogP contribution is 2.30. The lowest BCUT2D eigenvalue weighted by molar-refractivity contribution is -0.138. The van der Waals surface area contributed by atoms with E-state index in [1.165, 1.54) is 12.1 Å². The lowest BCUT2D eigenvalue weighted by atomic mass is 10.0. The molecule has 2 aromatic carbocycles. The molecule has 0 saturated carbocycles. The van der Waals surface area contributed by atoms with Gasteiger partial charge in [0.1, 0.15) is 5.75 Å². The number of hydrogen-bond acceptors (Lipinski definition) is 6. The van der Waals surface area contributed by atoms with Gasteiger partial charge in [-0.1, -0.05) is 25.3 Å². The summed E-state index contributed by atoms with van der Waals surface area (Å²) in [5, 5.41) is 0. The molecule has 0 radical (unpaired) electrons. The van der Waals surface area contributed by atoms with Crippen molar-refractivity contribution in [2.24, 2.45) is 0 Å². The highest BCUT2D eigenvalue weighted by atomic mass is 19.1. The number of ether oxygens (including phenoxy) is 4. The molecule has 2 aromatic rings. The van der Waals surface area contributed by atoms with E-state index >= 15 is 0 Å². The first kappa shape index (κ1) is 30.5. The fourth-order valence-electron chi connectivity index (χ4n) is 3.55. The molecular formula is C30H36F2O6. The van der Waals surface area contributed by atoms with Crippen molar-refractivity contribution in [2.45, 2.75) is 51.4 Å². The van der Waals surface area contributed by atoms with Crippen LogP contribution in [0.2, 0.25) is 0 Å². The molecule has 0 aliphatic rings. The molecule has 0 saturated heterocycles. The Kier molecular flexibility index (Phi) is 14.2. The third kappa shape index (κ3) is 11.6. The molecule has 2 rings (SSSR count). The van der Waals surface area contributed by atoms with Crippen LogP contribution in [0.5, 0.6) is 11.5 Å². The molecular weight excluding hydrogens is 494 g/mol. The largest absolute Gasteiger partial charge is 0.494 e. The van der Waals surface area contributed by atoms with Crippen molar-refractivity contribution in [2.75, 3.05) is 26.4 Å². The number of rotatable bonds is 19. The van der Waals surface area contributed by atoms with Crippen molar-refractivity contribution in [3.63, 3.8) is 0 Å². The molecule has 0 heterocycles. The third-order valence-electron chi connectivity index (χ3n) is 5.60. The molecule has 0 fully saturated rings. The van der Waals surface area contributed by atoms with Gasteiger partial charge in [-0.2, -0.15) is 0 Å². The quantitative estimate of drug-likeness (QED) is 0.111. The van der Waals surface area contributed by atoms with E-state index in [1.807, 2.05) is 0 Å². The zero-order chi connectivity index (χ0) is 27.6. The molecule has 6 nitrogen and oxygen atoms in total. The molecule has 0 amide bonds. The molecule has 0 N–H and O–H groups in total. The maximum absolute atomic E-state index is 14.6. The zero-order valence-electron chi connectivity index (χ0n) is 21.7. The van der Waals surface area contributed by atoms with Crippen molar-refractivity contribution < 1.29 is 37.3 Å². The van der Waals surface area contributed by atoms with Gasteiger partial charge in [0.05, 0.1) is 26.4 Å². The number of halogens is 2. The predicted molar refractivity (Wildman–Crippen MR) is 142 cm³/mol. The molecule has 0 aromatic heterocycles. The van der Waals surface area contributed by atoms with Crippen LogP contribution in [0, 0.1) is 11.6 Å². The van der Waals surface area contributed by atoms with Gasteiger partial charge in [-0.3, -0.25) is 0 Å². The highest BCUT2D eigenvalue weighted by Gasteiger charge is 2.14. The maximum atomic E-state index is 14.6. The van der Waals surface area contributed by atoms with Crippen LogP contribution < -0.4 is 9.47 Å². The summed E-state index contributed by atoms with van der Waals surface area (Å²) in [6, 6.07) is 9.56. The summed E-state index contributed by atoms with van der Waals surface area (Å²) in [7, 11) is 0. The van der Waals surface area contributed by atoms with Gasteiger partial charge in [-0.15, -0.1) is 0 Å². The van der Waals surface area contributed by atoms with Crippen molar-refractivity contribution in [3.8, 4) is 22.6 Å². The van der Waals surface area contributed by atoms with Crippen LogP contribution in [0.4, 0.5) is 8.78 Å². The van der Waals surface area contributed by atoms with Crippen LogP contribution in [-0.2, 0) is 19.1 Å². The van der Waals surface area contributed by atoms with E-state index < -0.39 is 23.6 Å². The van der Waals surface area contributed by atoms with Crippen LogP contribution in [-0.4, -0.2) is 38.4 Å². The van der Waals surface area contributed by atoms with Gasteiger partial charge >= 0.3 is 11.9 Å². The predicted octanol–water partition coefficient (Wildman–Crippen LogP) is 6.97. The first-order valence-electron chi connectivity index (χ1n) is 12.9. The van der Waals surface area contributed by atoms with Crippen molar-refractivity contribution >= 4 is 11.9 Å². The van der Waals surface area contributed by atoms with Gasteiger partial charge < -0.3 is 18.9 Å². The summed E-state index contributed by atoms with van der Waals surface area (Å²) >= 11 is 0. The van der Waals surface area contributed by atoms with E-state index in [0.717, 1.165) is 50.7 Å². The first-order chi connectivity index (χ1) is 18.4. The number of esters is 2. The van der Waals surface area contributed by atoms with Gasteiger partial charge in [0.15, 0.2) is 17.4 Å². The first-order valence-corrected chi connectivity index (χ1v) is 12.9. The minimum absolute atomic E-state index is 0.189. The van der Waals surface area contributed by atoms with Crippen LogP contribution in [0.15, 0.2) is 61.7 Å². The smallest absolute Gasteiger partial charge is 0.330 e. The summed E-state index contributed by atoms with van der Waals surface area (Å²) in [5.74, 6) is -2.07. The fraction of sp³-hybridized carbons (Fsp3) is 0.400. The average Bonchev–Trinajstić information content (AvgIpc) is 2.92. The second-order valence-corrected chi connectivity index (χ2v) is 8.56. The number of carbonyl (C=O) groups is 2. The molecule has 0 unspecified atom stereocenters. The number of hydrogen-bond donors (Lipinski definition) is 0. The second kappa shape index (κ2) is 17.7. The molecule has 8 heteroatoms. The Morgan fingerprint density at radius 3 is 1.55 bits per heavy atom. The van der Waals surface area contributed by atoms with Crippen LogP contribution >= 0.6 is 0 Å². The van der Waals surface area contributed by atoms with E-state index in [9.17, 15) is 18.4 Å². The van der Waals surface area contributed by atoms with Gasteiger partial charge in [0, 0.05) is 12.2 Å². The maximum Gasteiger partial charge on any atom is 0.330 e. The Bertz CT molecular complexity index is 1010. The van der Waals surface area contributed by atoms with Gasteiger partial charge in [-0.25, -0.2) is 18.4 Å². The van der Waals surface area contributed by atoms with Crippen molar-refractivity contribution in [3.05, 3.63) is 73.3 Å². The molecule has 0 bridgehead atoms. The Morgan fingerprint density at radius 2 is 1.08 bits per heavy atom. The SMILES string of the molecule is C=CC(=O)OCCCCCCOc1ccc(-c2cc(F)c(OCCCCCCOC(=O)C=C)c(F)c2)cc1.